The maximum atomic E-state index is 12.5. The van der Waals surface area contributed by atoms with E-state index in [9.17, 15) is 4.79 Å². The molecule has 0 fully saturated rings. The Labute approximate surface area is 131 Å². The Bertz CT molecular complexity index is 702. The Kier molecular flexibility index (Phi) is 4.58. The monoisotopic (exact) mass is 305 g/mol. The molecule has 22 heavy (non-hydrogen) atoms. The maximum absolute atomic E-state index is 12.5. The summed E-state index contributed by atoms with van der Waals surface area (Å²) in [5.41, 5.74) is 1.85. The fraction of sp³-hybridized carbons (Fsp3) is 0.688. The van der Waals surface area contributed by atoms with Crippen molar-refractivity contribution in [1.82, 2.24) is 19.7 Å². The summed E-state index contributed by atoms with van der Waals surface area (Å²) < 4.78 is 1.63. The van der Waals surface area contributed by atoms with E-state index in [1.54, 1.807) is 11.7 Å². The Morgan fingerprint density at radius 3 is 2.27 bits per heavy atom. The summed E-state index contributed by atoms with van der Waals surface area (Å²) in [6.45, 7) is 12.3. The molecule has 0 aliphatic rings. The average molecular weight is 305 g/mol. The van der Waals surface area contributed by atoms with Gasteiger partial charge in [-0.15, -0.1) is 0 Å². The molecule has 0 unspecified atom stereocenters. The molecule has 2 aromatic heterocycles. The second-order valence-corrected chi connectivity index (χ2v) is 6.80. The van der Waals surface area contributed by atoms with Gasteiger partial charge in [0.25, 0.3) is 5.56 Å². The van der Waals surface area contributed by atoms with Gasteiger partial charge in [-0.05, 0) is 12.8 Å². The van der Waals surface area contributed by atoms with Crippen LogP contribution < -0.4 is 10.5 Å². The number of aromatic amines is 1. The highest BCUT2D eigenvalue weighted by Gasteiger charge is 2.25. The number of hydrogen-bond donors (Lipinski definition) is 1. The van der Waals surface area contributed by atoms with E-state index in [0.29, 0.717) is 17.0 Å². The first-order valence-electron chi connectivity index (χ1n) is 8.02. The van der Waals surface area contributed by atoms with E-state index in [4.69, 9.17) is 4.98 Å². The van der Waals surface area contributed by atoms with E-state index in [1.807, 2.05) is 0 Å². The van der Waals surface area contributed by atoms with E-state index in [0.717, 1.165) is 31.6 Å². The molecule has 2 rings (SSSR count). The van der Waals surface area contributed by atoms with Crippen molar-refractivity contribution in [2.45, 2.75) is 52.9 Å². The second-order valence-electron chi connectivity index (χ2n) is 6.80. The van der Waals surface area contributed by atoms with Gasteiger partial charge in [-0.1, -0.05) is 34.6 Å². The van der Waals surface area contributed by atoms with Gasteiger partial charge in [0.1, 0.15) is 5.52 Å². The van der Waals surface area contributed by atoms with Gasteiger partial charge < -0.3 is 4.90 Å². The van der Waals surface area contributed by atoms with Crippen LogP contribution in [0.25, 0.3) is 11.0 Å². The van der Waals surface area contributed by atoms with Crippen molar-refractivity contribution >= 4 is 17.0 Å². The Balaban J connectivity index is 2.67. The average Bonchev–Trinajstić information content (AvgIpc) is 2.76. The number of hydrogen-bond acceptors (Lipinski definition) is 4. The number of aromatic nitrogens is 4. The summed E-state index contributed by atoms with van der Waals surface area (Å²) in [6.07, 6.45) is 2.03. The minimum atomic E-state index is -0.155. The van der Waals surface area contributed by atoms with Crippen molar-refractivity contribution in [2.24, 2.45) is 7.05 Å². The predicted molar refractivity (Wildman–Crippen MR) is 90.6 cm³/mol. The molecule has 0 aromatic carbocycles. The van der Waals surface area contributed by atoms with Gasteiger partial charge in [0.05, 0.1) is 5.69 Å². The maximum Gasteiger partial charge on any atom is 0.278 e. The first-order chi connectivity index (χ1) is 10.3. The van der Waals surface area contributed by atoms with Gasteiger partial charge in [-0.2, -0.15) is 5.10 Å². The molecule has 0 aliphatic heterocycles. The second kappa shape index (κ2) is 6.10. The number of H-pyrrole nitrogens is 1. The quantitative estimate of drug-likeness (QED) is 0.922. The van der Waals surface area contributed by atoms with Crippen molar-refractivity contribution in [2.75, 3.05) is 18.0 Å². The molecule has 0 saturated carbocycles. The molecule has 2 aromatic rings. The molecule has 6 nitrogen and oxygen atoms in total. The lowest BCUT2D eigenvalue weighted by molar-refractivity contribution is 0.557. The van der Waals surface area contributed by atoms with Gasteiger partial charge in [-0.3, -0.25) is 14.5 Å². The Hall–Kier alpha value is -1.85. The van der Waals surface area contributed by atoms with Crippen molar-refractivity contribution < 1.29 is 0 Å². The molecule has 0 atom stereocenters. The molecule has 6 heteroatoms. The summed E-state index contributed by atoms with van der Waals surface area (Å²) in [4.78, 5) is 22.3. The Morgan fingerprint density at radius 2 is 1.77 bits per heavy atom. The SMILES string of the molecule is CCCN(CCC)c1nc2c(C(C)(C)C)nn(C)c2c(=O)[nH]1. The standard InChI is InChI=1S/C16H27N5O/c1-7-9-21(10-8-2)15-17-11-12(14(22)18-15)20(6)19-13(11)16(3,4)5/h7-10H2,1-6H3,(H,17,18,22). The normalized spacial score (nSPS) is 12.1. The van der Waals surface area contributed by atoms with Gasteiger partial charge >= 0.3 is 0 Å². The van der Waals surface area contributed by atoms with Gasteiger partial charge in [-0.25, -0.2) is 4.98 Å². The van der Waals surface area contributed by atoms with Crippen molar-refractivity contribution in [3.63, 3.8) is 0 Å². The number of nitrogens with one attached hydrogen (secondary N) is 1. The van der Waals surface area contributed by atoms with Crippen molar-refractivity contribution in [3.05, 3.63) is 16.0 Å². The van der Waals surface area contributed by atoms with Gasteiger partial charge in [0, 0.05) is 25.6 Å². The minimum Gasteiger partial charge on any atom is -0.342 e. The van der Waals surface area contributed by atoms with Crippen LogP contribution in [0.2, 0.25) is 0 Å². The van der Waals surface area contributed by atoms with E-state index >= 15 is 0 Å². The fourth-order valence-electron chi connectivity index (χ4n) is 2.69. The van der Waals surface area contributed by atoms with Crippen LogP contribution in [0.4, 0.5) is 5.95 Å². The van der Waals surface area contributed by atoms with Gasteiger partial charge in [0.2, 0.25) is 5.95 Å². The molecular weight excluding hydrogens is 278 g/mol. The highest BCUT2D eigenvalue weighted by Crippen LogP contribution is 2.27. The zero-order valence-electron chi connectivity index (χ0n) is 14.5. The molecule has 1 N–H and O–H groups in total. The molecule has 0 bridgehead atoms. The number of anilines is 1. The highest BCUT2D eigenvalue weighted by molar-refractivity contribution is 5.78. The molecule has 0 aliphatic carbocycles. The van der Waals surface area contributed by atoms with E-state index in [1.165, 1.54) is 0 Å². The molecule has 2 heterocycles. The predicted octanol–water partition coefficient (Wildman–Crippen LogP) is 2.58. The topological polar surface area (TPSA) is 66.8 Å². The van der Waals surface area contributed by atoms with Crippen LogP contribution in [-0.4, -0.2) is 32.8 Å². The van der Waals surface area contributed by atoms with Crippen LogP contribution in [-0.2, 0) is 12.5 Å². The Morgan fingerprint density at radius 1 is 1.18 bits per heavy atom. The van der Waals surface area contributed by atoms with Crippen molar-refractivity contribution in [1.29, 1.82) is 0 Å². The summed E-state index contributed by atoms with van der Waals surface area (Å²) in [6, 6.07) is 0. The molecule has 0 amide bonds. The third-order valence-electron chi connectivity index (χ3n) is 3.68. The zero-order chi connectivity index (χ0) is 16.5. The molecule has 122 valence electrons. The third kappa shape index (κ3) is 3.00. The summed E-state index contributed by atoms with van der Waals surface area (Å²) >= 11 is 0. The summed E-state index contributed by atoms with van der Waals surface area (Å²) in [5.74, 6) is 0.653. The van der Waals surface area contributed by atoms with Crippen LogP contribution in [0.3, 0.4) is 0 Å². The van der Waals surface area contributed by atoms with Crippen LogP contribution in [0.5, 0.6) is 0 Å². The van der Waals surface area contributed by atoms with E-state index in [2.05, 4.69) is 49.6 Å². The number of aryl methyl sites for hydroxylation is 1. The fourth-order valence-corrected chi connectivity index (χ4v) is 2.69. The van der Waals surface area contributed by atoms with Gasteiger partial charge in [0.15, 0.2) is 5.52 Å². The number of nitrogens with zero attached hydrogens (tertiary/aromatic N) is 4. The first-order valence-corrected chi connectivity index (χ1v) is 8.02. The summed E-state index contributed by atoms with van der Waals surface area (Å²) in [7, 11) is 1.80. The van der Waals surface area contributed by atoms with Crippen LogP contribution in [0, 0.1) is 0 Å². The summed E-state index contributed by atoms with van der Waals surface area (Å²) in [5, 5.41) is 4.53. The highest BCUT2D eigenvalue weighted by atomic mass is 16.1. The lowest BCUT2D eigenvalue weighted by Gasteiger charge is -2.22. The molecular formula is C16H27N5O. The third-order valence-corrected chi connectivity index (χ3v) is 3.68. The molecule has 0 radical (unpaired) electrons. The van der Waals surface area contributed by atoms with E-state index < -0.39 is 0 Å². The van der Waals surface area contributed by atoms with Crippen LogP contribution >= 0.6 is 0 Å². The number of rotatable bonds is 5. The van der Waals surface area contributed by atoms with E-state index in [-0.39, 0.29) is 11.0 Å². The number of fused-ring (bicyclic) bond motifs is 1. The molecule has 0 saturated heterocycles. The first kappa shape index (κ1) is 16.5. The van der Waals surface area contributed by atoms with Crippen LogP contribution in [0.1, 0.15) is 53.2 Å². The largest absolute Gasteiger partial charge is 0.342 e. The smallest absolute Gasteiger partial charge is 0.278 e. The lowest BCUT2D eigenvalue weighted by Crippen LogP contribution is -2.29. The lowest BCUT2D eigenvalue weighted by atomic mass is 9.91. The van der Waals surface area contributed by atoms with Crippen molar-refractivity contribution in [3.8, 4) is 0 Å². The molecule has 0 spiro atoms. The zero-order valence-corrected chi connectivity index (χ0v) is 14.5. The minimum absolute atomic E-state index is 0.122. The van der Waals surface area contributed by atoms with Crippen LogP contribution in [0.15, 0.2) is 4.79 Å².